The van der Waals surface area contributed by atoms with Gasteiger partial charge in [0.25, 0.3) is 0 Å². The van der Waals surface area contributed by atoms with Gasteiger partial charge >= 0.3 is 0 Å². The summed E-state index contributed by atoms with van der Waals surface area (Å²) in [7, 11) is 0. The van der Waals surface area contributed by atoms with Crippen LogP contribution in [0.2, 0.25) is 5.02 Å². The van der Waals surface area contributed by atoms with Crippen LogP contribution in [0.5, 0.6) is 0 Å². The molecule has 0 atom stereocenters. The maximum Gasteiger partial charge on any atom is 0.142 e. The predicted molar refractivity (Wildman–Crippen MR) is 94.7 cm³/mol. The number of hydrogen-bond donors (Lipinski definition) is 0. The zero-order valence-electron chi connectivity index (χ0n) is 12.4. The van der Waals surface area contributed by atoms with Crippen molar-refractivity contribution in [3.8, 4) is 11.1 Å². The molecule has 0 saturated heterocycles. The standard InChI is InChI=1S/C20H15ClNO/c21-20-11-5-6-16(13-20)14-22-23-15-17-7-4-10-19(12-17)18-8-2-1-3-9-18/h1-13H,15H2. The summed E-state index contributed by atoms with van der Waals surface area (Å²) in [5.41, 5.74) is 4.19. The van der Waals surface area contributed by atoms with Gasteiger partial charge in [-0.1, -0.05) is 77.4 Å². The number of halogens is 1. The van der Waals surface area contributed by atoms with Gasteiger partial charge in [0.15, 0.2) is 0 Å². The molecule has 0 heterocycles. The smallest absolute Gasteiger partial charge is 0.142 e. The maximum atomic E-state index is 5.91. The lowest BCUT2D eigenvalue weighted by atomic mass is 10.0. The maximum absolute atomic E-state index is 5.91. The first-order valence-electron chi connectivity index (χ1n) is 7.29. The molecule has 0 aromatic heterocycles. The van der Waals surface area contributed by atoms with Gasteiger partial charge in [-0.15, -0.1) is 0 Å². The highest BCUT2D eigenvalue weighted by Crippen LogP contribution is 2.20. The Morgan fingerprint density at radius 1 is 0.826 bits per heavy atom. The van der Waals surface area contributed by atoms with Crippen LogP contribution in [0.15, 0.2) is 84.0 Å². The van der Waals surface area contributed by atoms with Crippen LogP contribution < -0.4 is 0 Å². The molecule has 0 saturated carbocycles. The Kier molecular flexibility index (Phi) is 5.07. The Hall–Kier alpha value is -2.58. The molecule has 0 aliphatic heterocycles. The van der Waals surface area contributed by atoms with E-state index in [4.69, 9.17) is 16.4 Å². The van der Waals surface area contributed by atoms with E-state index < -0.39 is 0 Å². The molecule has 0 unspecified atom stereocenters. The van der Waals surface area contributed by atoms with Crippen molar-refractivity contribution in [3.05, 3.63) is 95.0 Å². The molecule has 0 fully saturated rings. The average molecular weight is 321 g/mol. The molecule has 3 heteroatoms. The summed E-state index contributed by atoms with van der Waals surface area (Å²) < 4.78 is 0. The number of nitrogens with zero attached hydrogens (tertiary/aromatic N) is 1. The molecule has 0 bridgehead atoms. The fraction of sp³-hybridized carbons (Fsp3) is 0.0500. The molecule has 1 radical (unpaired) electrons. The van der Waals surface area contributed by atoms with E-state index >= 15 is 0 Å². The molecule has 0 aliphatic carbocycles. The minimum absolute atomic E-state index is 0.397. The fourth-order valence-corrected chi connectivity index (χ4v) is 2.41. The third-order valence-electron chi connectivity index (χ3n) is 3.33. The fourth-order valence-electron chi connectivity index (χ4n) is 2.22. The topological polar surface area (TPSA) is 21.6 Å². The van der Waals surface area contributed by atoms with Crippen LogP contribution in [-0.4, -0.2) is 6.21 Å². The molecule has 0 aliphatic rings. The normalized spacial score (nSPS) is 10.8. The van der Waals surface area contributed by atoms with Crippen molar-refractivity contribution in [3.63, 3.8) is 0 Å². The lowest BCUT2D eigenvalue weighted by Crippen LogP contribution is -1.89. The van der Waals surface area contributed by atoms with Gasteiger partial charge in [-0.2, -0.15) is 0 Å². The summed E-state index contributed by atoms with van der Waals surface area (Å²) in [5.74, 6) is 0. The zero-order chi connectivity index (χ0) is 15.9. The summed E-state index contributed by atoms with van der Waals surface area (Å²) in [5, 5.41) is 4.53. The Balaban J connectivity index is 1.63. The van der Waals surface area contributed by atoms with E-state index in [0.29, 0.717) is 11.6 Å². The number of benzene rings is 3. The van der Waals surface area contributed by atoms with E-state index in [2.05, 4.69) is 35.6 Å². The van der Waals surface area contributed by atoms with Crippen LogP contribution >= 0.6 is 11.6 Å². The first-order valence-corrected chi connectivity index (χ1v) is 7.67. The Bertz CT molecular complexity index is 800. The van der Waals surface area contributed by atoms with E-state index in [9.17, 15) is 0 Å². The average Bonchev–Trinajstić information content (AvgIpc) is 2.60. The van der Waals surface area contributed by atoms with Gasteiger partial charge < -0.3 is 4.84 Å². The Morgan fingerprint density at radius 3 is 2.43 bits per heavy atom. The minimum atomic E-state index is 0.397. The zero-order valence-corrected chi connectivity index (χ0v) is 13.2. The first kappa shape index (κ1) is 15.3. The molecule has 3 aromatic carbocycles. The van der Waals surface area contributed by atoms with Crippen LogP contribution in [0, 0.1) is 0 Å². The highest BCUT2D eigenvalue weighted by molar-refractivity contribution is 6.30. The molecule has 3 rings (SSSR count). The molecule has 2 nitrogen and oxygen atoms in total. The van der Waals surface area contributed by atoms with Gasteiger partial charge in [-0.25, -0.2) is 0 Å². The Morgan fingerprint density at radius 2 is 1.61 bits per heavy atom. The monoisotopic (exact) mass is 320 g/mol. The molecular weight excluding hydrogens is 306 g/mol. The van der Waals surface area contributed by atoms with Gasteiger partial charge in [-0.3, -0.25) is 0 Å². The summed E-state index contributed by atoms with van der Waals surface area (Å²) in [6.45, 7) is 0.397. The highest BCUT2D eigenvalue weighted by Gasteiger charge is 1.99. The van der Waals surface area contributed by atoms with Crippen LogP contribution in [0.25, 0.3) is 11.1 Å². The summed E-state index contributed by atoms with van der Waals surface area (Å²) in [6, 6.07) is 25.8. The molecule has 113 valence electrons. The predicted octanol–water partition coefficient (Wildman–Crippen LogP) is 5.43. The quantitative estimate of drug-likeness (QED) is 0.453. The van der Waals surface area contributed by atoms with E-state index in [1.807, 2.05) is 48.5 Å². The van der Waals surface area contributed by atoms with E-state index in [-0.39, 0.29) is 0 Å². The van der Waals surface area contributed by atoms with Gasteiger partial charge in [0.1, 0.15) is 12.8 Å². The Labute approximate surface area is 141 Å². The van der Waals surface area contributed by atoms with Gasteiger partial charge in [0, 0.05) is 10.6 Å². The van der Waals surface area contributed by atoms with Gasteiger partial charge in [0.05, 0.1) is 0 Å². The van der Waals surface area contributed by atoms with Crippen molar-refractivity contribution in [2.75, 3.05) is 0 Å². The minimum Gasteiger partial charge on any atom is -0.390 e. The third kappa shape index (κ3) is 4.44. The van der Waals surface area contributed by atoms with Crippen molar-refractivity contribution in [1.29, 1.82) is 0 Å². The van der Waals surface area contributed by atoms with E-state index in [1.54, 1.807) is 6.07 Å². The SMILES string of the molecule is Clc1cccc(/[C]=N\OCc2cccc(-c3ccccc3)c2)c1. The summed E-state index contributed by atoms with van der Waals surface area (Å²) in [4.78, 5) is 5.33. The first-order chi connectivity index (χ1) is 11.3. The number of hydrogen-bond acceptors (Lipinski definition) is 2. The van der Waals surface area contributed by atoms with Crippen molar-refractivity contribution >= 4 is 17.8 Å². The molecule has 0 spiro atoms. The second-order valence-corrected chi connectivity index (χ2v) is 5.49. The second kappa shape index (κ2) is 7.61. The largest absolute Gasteiger partial charge is 0.390 e. The lowest BCUT2D eigenvalue weighted by molar-refractivity contribution is 0.132. The van der Waals surface area contributed by atoms with Gasteiger partial charge in [0.2, 0.25) is 0 Å². The molecule has 0 N–H and O–H groups in total. The van der Waals surface area contributed by atoms with Crippen LogP contribution in [-0.2, 0) is 11.4 Å². The van der Waals surface area contributed by atoms with Crippen molar-refractivity contribution in [2.45, 2.75) is 6.61 Å². The summed E-state index contributed by atoms with van der Waals surface area (Å²) in [6.07, 6.45) is 2.82. The van der Waals surface area contributed by atoms with Crippen LogP contribution in [0.4, 0.5) is 0 Å². The molecular formula is C20H15ClNO. The molecule has 23 heavy (non-hydrogen) atoms. The third-order valence-corrected chi connectivity index (χ3v) is 3.56. The molecule has 3 aromatic rings. The van der Waals surface area contributed by atoms with E-state index in [0.717, 1.165) is 16.7 Å². The van der Waals surface area contributed by atoms with Crippen LogP contribution in [0.3, 0.4) is 0 Å². The van der Waals surface area contributed by atoms with E-state index in [1.165, 1.54) is 5.56 Å². The number of rotatable bonds is 5. The second-order valence-electron chi connectivity index (χ2n) is 5.05. The van der Waals surface area contributed by atoms with Crippen molar-refractivity contribution < 1.29 is 4.84 Å². The lowest BCUT2D eigenvalue weighted by Gasteiger charge is -2.04. The van der Waals surface area contributed by atoms with Crippen molar-refractivity contribution in [2.24, 2.45) is 5.16 Å². The summed E-state index contributed by atoms with van der Waals surface area (Å²) >= 11 is 5.91. The van der Waals surface area contributed by atoms with Crippen LogP contribution in [0.1, 0.15) is 11.1 Å². The highest BCUT2D eigenvalue weighted by atomic mass is 35.5. The molecule has 0 amide bonds. The van der Waals surface area contributed by atoms with Crippen molar-refractivity contribution in [1.82, 2.24) is 0 Å². The van der Waals surface area contributed by atoms with Gasteiger partial charge in [-0.05, 0) is 34.9 Å².